The standard InChI is InChI=1S/C18H21F3N2O/c1-2-3-4-5-6-13-7-9-14(10-8-13)17-22-11-15(12-23-17)16(24)18(19,20)21/h7-12,16,24H,2-6H2,1H3. The largest absolute Gasteiger partial charge is 0.418 e. The van der Waals surface area contributed by atoms with Gasteiger partial charge in [0.15, 0.2) is 11.9 Å². The maximum Gasteiger partial charge on any atom is 0.418 e. The molecule has 1 atom stereocenters. The number of unbranched alkanes of at least 4 members (excludes halogenated alkanes) is 3. The van der Waals surface area contributed by atoms with E-state index in [0.717, 1.165) is 30.8 Å². The van der Waals surface area contributed by atoms with E-state index in [4.69, 9.17) is 0 Å². The van der Waals surface area contributed by atoms with Gasteiger partial charge in [-0.2, -0.15) is 13.2 Å². The fourth-order valence-corrected chi connectivity index (χ4v) is 2.39. The van der Waals surface area contributed by atoms with Crippen molar-refractivity contribution in [1.29, 1.82) is 0 Å². The number of rotatable bonds is 7. The molecule has 0 aliphatic rings. The van der Waals surface area contributed by atoms with Gasteiger partial charge in [0.05, 0.1) is 0 Å². The van der Waals surface area contributed by atoms with E-state index in [0.29, 0.717) is 5.82 Å². The number of aliphatic hydroxyl groups is 1. The highest BCUT2D eigenvalue weighted by Crippen LogP contribution is 2.32. The van der Waals surface area contributed by atoms with Gasteiger partial charge in [-0.3, -0.25) is 0 Å². The molecule has 130 valence electrons. The number of halogens is 3. The predicted molar refractivity (Wildman–Crippen MR) is 86.3 cm³/mol. The Morgan fingerprint density at radius 3 is 2.17 bits per heavy atom. The van der Waals surface area contributed by atoms with Crippen LogP contribution in [-0.4, -0.2) is 21.3 Å². The molecule has 1 N–H and O–H groups in total. The van der Waals surface area contributed by atoms with E-state index >= 15 is 0 Å². The molecule has 2 aromatic rings. The first kappa shape index (κ1) is 18.4. The van der Waals surface area contributed by atoms with Crippen molar-refractivity contribution in [3.63, 3.8) is 0 Å². The van der Waals surface area contributed by atoms with Crippen LogP contribution in [-0.2, 0) is 6.42 Å². The summed E-state index contributed by atoms with van der Waals surface area (Å²) in [5.74, 6) is 0.339. The van der Waals surface area contributed by atoms with Crippen LogP contribution in [0.15, 0.2) is 36.7 Å². The van der Waals surface area contributed by atoms with Gasteiger partial charge in [-0.25, -0.2) is 9.97 Å². The van der Waals surface area contributed by atoms with E-state index in [1.54, 1.807) is 0 Å². The maximum absolute atomic E-state index is 12.4. The molecule has 1 aromatic carbocycles. The quantitative estimate of drug-likeness (QED) is 0.733. The van der Waals surface area contributed by atoms with E-state index < -0.39 is 12.3 Å². The number of aromatic nitrogens is 2. The summed E-state index contributed by atoms with van der Waals surface area (Å²) >= 11 is 0. The zero-order valence-electron chi connectivity index (χ0n) is 13.6. The van der Waals surface area contributed by atoms with Crippen molar-refractivity contribution in [3.8, 4) is 11.4 Å². The highest BCUT2D eigenvalue weighted by molar-refractivity contribution is 5.55. The molecule has 2 rings (SSSR count). The Balaban J connectivity index is 2.01. The first-order valence-electron chi connectivity index (χ1n) is 8.08. The van der Waals surface area contributed by atoms with Crippen LogP contribution in [0.25, 0.3) is 11.4 Å². The average molecular weight is 338 g/mol. The van der Waals surface area contributed by atoms with E-state index in [-0.39, 0.29) is 5.56 Å². The summed E-state index contributed by atoms with van der Waals surface area (Å²) in [5.41, 5.74) is 1.60. The highest BCUT2D eigenvalue weighted by Gasteiger charge is 2.39. The predicted octanol–water partition coefficient (Wildman–Crippen LogP) is 4.86. The number of benzene rings is 1. The minimum absolute atomic E-state index is 0.339. The van der Waals surface area contributed by atoms with Crippen molar-refractivity contribution in [2.45, 2.75) is 51.3 Å². The number of nitrogens with zero attached hydrogens (tertiary/aromatic N) is 2. The van der Waals surface area contributed by atoms with Crippen LogP contribution in [0.1, 0.15) is 49.8 Å². The molecule has 0 spiro atoms. The monoisotopic (exact) mass is 338 g/mol. The van der Waals surface area contributed by atoms with Crippen molar-refractivity contribution in [1.82, 2.24) is 9.97 Å². The normalized spacial score (nSPS) is 13.0. The Labute approximate surface area is 139 Å². The molecule has 0 amide bonds. The summed E-state index contributed by atoms with van der Waals surface area (Å²) in [5, 5.41) is 9.17. The third-order valence-corrected chi connectivity index (χ3v) is 3.83. The molecule has 6 heteroatoms. The summed E-state index contributed by atoms with van der Waals surface area (Å²) in [6, 6.07) is 7.71. The molecule has 1 heterocycles. The second kappa shape index (κ2) is 8.24. The highest BCUT2D eigenvalue weighted by atomic mass is 19.4. The summed E-state index contributed by atoms with van der Waals surface area (Å²) in [7, 11) is 0. The van der Waals surface area contributed by atoms with Crippen LogP contribution in [0, 0.1) is 0 Å². The van der Waals surface area contributed by atoms with E-state index in [9.17, 15) is 18.3 Å². The van der Waals surface area contributed by atoms with Crippen molar-refractivity contribution >= 4 is 0 Å². The van der Waals surface area contributed by atoms with E-state index in [1.165, 1.54) is 24.8 Å². The Kier molecular flexibility index (Phi) is 6.31. The van der Waals surface area contributed by atoms with Crippen LogP contribution in [0.5, 0.6) is 0 Å². The zero-order valence-corrected chi connectivity index (χ0v) is 13.6. The van der Waals surface area contributed by atoms with Gasteiger partial charge in [-0.05, 0) is 18.4 Å². The third-order valence-electron chi connectivity index (χ3n) is 3.83. The van der Waals surface area contributed by atoms with Gasteiger partial charge in [-0.1, -0.05) is 50.5 Å². The van der Waals surface area contributed by atoms with Gasteiger partial charge in [0.2, 0.25) is 0 Å². The van der Waals surface area contributed by atoms with Crippen LogP contribution in [0.3, 0.4) is 0 Å². The van der Waals surface area contributed by atoms with Gasteiger partial charge in [0, 0.05) is 23.5 Å². The fraction of sp³-hybridized carbons (Fsp3) is 0.444. The van der Waals surface area contributed by atoms with Crippen molar-refractivity contribution in [2.24, 2.45) is 0 Å². The molecular weight excluding hydrogens is 317 g/mol. The Morgan fingerprint density at radius 2 is 1.62 bits per heavy atom. The second-order valence-corrected chi connectivity index (χ2v) is 5.79. The SMILES string of the molecule is CCCCCCc1ccc(-c2ncc(C(O)C(F)(F)F)cn2)cc1. The third kappa shape index (κ3) is 5.03. The minimum Gasteiger partial charge on any atom is -0.379 e. The first-order chi connectivity index (χ1) is 11.4. The van der Waals surface area contributed by atoms with Gasteiger partial charge >= 0.3 is 6.18 Å². The molecule has 3 nitrogen and oxygen atoms in total. The molecule has 0 aliphatic carbocycles. The molecule has 0 radical (unpaired) electrons. The first-order valence-corrected chi connectivity index (χ1v) is 8.08. The zero-order chi connectivity index (χ0) is 17.6. The number of hydrogen-bond donors (Lipinski definition) is 1. The summed E-state index contributed by atoms with van der Waals surface area (Å²) in [6.07, 6.45) is 0.563. The van der Waals surface area contributed by atoms with Crippen LogP contribution in [0.4, 0.5) is 13.2 Å². The van der Waals surface area contributed by atoms with Crippen molar-refractivity contribution in [3.05, 3.63) is 47.8 Å². The number of aliphatic hydroxyl groups excluding tert-OH is 1. The average Bonchev–Trinajstić information content (AvgIpc) is 2.58. The molecule has 1 unspecified atom stereocenters. The van der Waals surface area contributed by atoms with Gasteiger partial charge in [-0.15, -0.1) is 0 Å². The van der Waals surface area contributed by atoms with Crippen LogP contribution < -0.4 is 0 Å². The topological polar surface area (TPSA) is 46.0 Å². The number of alkyl halides is 3. The van der Waals surface area contributed by atoms with E-state index in [1.807, 2.05) is 24.3 Å². The molecule has 1 aromatic heterocycles. The fourth-order valence-electron chi connectivity index (χ4n) is 2.39. The van der Waals surface area contributed by atoms with Crippen LogP contribution in [0.2, 0.25) is 0 Å². The molecule has 0 saturated carbocycles. The minimum atomic E-state index is -4.72. The molecular formula is C18H21F3N2O. The van der Waals surface area contributed by atoms with Crippen molar-refractivity contribution < 1.29 is 18.3 Å². The van der Waals surface area contributed by atoms with Gasteiger partial charge < -0.3 is 5.11 Å². The smallest absolute Gasteiger partial charge is 0.379 e. The Bertz CT molecular complexity index is 624. The lowest BCUT2D eigenvalue weighted by Gasteiger charge is -2.14. The summed E-state index contributed by atoms with van der Waals surface area (Å²) in [6.45, 7) is 2.17. The van der Waals surface area contributed by atoms with Crippen LogP contribution >= 0.6 is 0 Å². The number of aryl methyl sites for hydroxylation is 1. The lowest BCUT2D eigenvalue weighted by molar-refractivity contribution is -0.206. The van der Waals surface area contributed by atoms with E-state index in [2.05, 4.69) is 16.9 Å². The Morgan fingerprint density at radius 1 is 1.00 bits per heavy atom. The molecule has 0 bridgehead atoms. The molecule has 24 heavy (non-hydrogen) atoms. The lowest BCUT2D eigenvalue weighted by Crippen LogP contribution is -2.20. The van der Waals surface area contributed by atoms with Gasteiger partial charge in [0.25, 0.3) is 0 Å². The second-order valence-electron chi connectivity index (χ2n) is 5.79. The summed E-state index contributed by atoms with van der Waals surface area (Å²) in [4.78, 5) is 7.86. The Hall–Kier alpha value is -1.95. The lowest BCUT2D eigenvalue weighted by atomic mass is 10.0. The van der Waals surface area contributed by atoms with Crippen molar-refractivity contribution in [2.75, 3.05) is 0 Å². The molecule has 0 aliphatic heterocycles. The molecule has 0 fully saturated rings. The maximum atomic E-state index is 12.4. The van der Waals surface area contributed by atoms with Gasteiger partial charge in [0.1, 0.15) is 0 Å². The molecule has 0 saturated heterocycles. The number of hydrogen-bond acceptors (Lipinski definition) is 3. The summed E-state index contributed by atoms with van der Waals surface area (Å²) < 4.78 is 37.3.